The van der Waals surface area contributed by atoms with Gasteiger partial charge in [0.25, 0.3) is 5.91 Å². The van der Waals surface area contributed by atoms with Gasteiger partial charge in [-0.15, -0.1) is 10.2 Å². The van der Waals surface area contributed by atoms with Gasteiger partial charge >= 0.3 is 0 Å². The highest BCUT2D eigenvalue weighted by molar-refractivity contribution is 7.13. The summed E-state index contributed by atoms with van der Waals surface area (Å²) in [7, 11) is 1.41. The molecular formula is C17H15N3O5S. The van der Waals surface area contributed by atoms with Gasteiger partial charge in [-0.25, -0.2) is 0 Å². The van der Waals surface area contributed by atoms with E-state index in [0.29, 0.717) is 0 Å². The lowest BCUT2D eigenvalue weighted by Gasteiger charge is -2.25. The van der Waals surface area contributed by atoms with Crippen LogP contribution in [0.4, 0.5) is 5.13 Å². The van der Waals surface area contributed by atoms with E-state index in [1.54, 1.807) is 18.2 Å². The SMILES string of the molecule is COc1cccc(C2C(C(=O)C3CC3)=C(O)C(=O)N2c2nncs2)c1O. The van der Waals surface area contributed by atoms with E-state index in [9.17, 15) is 19.8 Å². The number of rotatable bonds is 5. The van der Waals surface area contributed by atoms with Crippen molar-refractivity contribution in [2.75, 3.05) is 12.0 Å². The first-order valence-electron chi connectivity index (χ1n) is 7.97. The van der Waals surface area contributed by atoms with Gasteiger partial charge in [0.2, 0.25) is 5.13 Å². The van der Waals surface area contributed by atoms with Gasteiger partial charge < -0.3 is 14.9 Å². The Kier molecular flexibility index (Phi) is 3.87. The highest BCUT2D eigenvalue weighted by Gasteiger charge is 2.49. The second-order valence-corrected chi connectivity index (χ2v) is 6.91. The molecular weight excluding hydrogens is 358 g/mol. The molecule has 4 rings (SSSR count). The molecule has 1 aromatic carbocycles. The van der Waals surface area contributed by atoms with Crippen molar-refractivity contribution in [1.29, 1.82) is 0 Å². The van der Waals surface area contributed by atoms with Gasteiger partial charge in [0.05, 0.1) is 12.7 Å². The Hall–Kier alpha value is -2.94. The molecule has 1 unspecified atom stereocenters. The molecule has 1 amide bonds. The van der Waals surface area contributed by atoms with Gasteiger partial charge in [0, 0.05) is 11.5 Å². The maximum atomic E-state index is 12.8. The van der Waals surface area contributed by atoms with Crippen LogP contribution in [0.1, 0.15) is 24.4 Å². The minimum absolute atomic E-state index is 0.0174. The summed E-state index contributed by atoms with van der Waals surface area (Å²) >= 11 is 1.10. The van der Waals surface area contributed by atoms with E-state index in [0.717, 1.165) is 24.2 Å². The third-order valence-corrected chi connectivity index (χ3v) is 5.21. The van der Waals surface area contributed by atoms with Crippen LogP contribution in [0.2, 0.25) is 0 Å². The number of hydrogen-bond acceptors (Lipinski definition) is 8. The summed E-state index contributed by atoms with van der Waals surface area (Å²) in [6.45, 7) is 0. The summed E-state index contributed by atoms with van der Waals surface area (Å²) in [6, 6.07) is 3.81. The van der Waals surface area contributed by atoms with E-state index < -0.39 is 17.7 Å². The number of methoxy groups -OCH3 is 1. The quantitative estimate of drug-likeness (QED) is 0.825. The van der Waals surface area contributed by atoms with Gasteiger partial charge in [-0.3, -0.25) is 14.5 Å². The summed E-state index contributed by atoms with van der Waals surface area (Å²) < 4.78 is 5.14. The predicted octanol–water partition coefficient (Wildman–Crippen LogP) is 2.13. The molecule has 1 aromatic heterocycles. The third-order valence-electron chi connectivity index (χ3n) is 4.52. The number of ether oxygens (including phenoxy) is 1. The number of phenolic OH excluding ortho intramolecular Hbond substituents is 1. The average Bonchev–Trinajstić information content (AvgIpc) is 3.30. The predicted molar refractivity (Wildman–Crippen MR) is 92.2 cm³/mol. The number of anilines is 1. The van der Waals surface area contributed by atoms with Crippen LogP contribution < -0.4 is 9.64 Å². The number of carbonyl (C=O) groups is 2. The van der Waals surface area contributed by atoms with Crippen molar-refractivity contribution in [3.05, 3.63) is 40.6 Å². The normalized spacial score (nSPS) is 20.0. The Morgan fingerprint density at radius 3 is 2.73 bits per heavy atom. The zero-order valence-electron chi connectivity index (χ0n) is 13.7. The van der Waals surface area contributed by atoms with Gasteiger partial charge in [-0.1, -0.05) is 23.5 Å². The van der Waals surface area contributed by atoms with Crippen LogP contribution in [-0.4, -0.2) is 39.2 Å². The van der Waals surface area contributed by atoms with Crippen LogP contribution in [0.5, 0.6) is 11.5 Å². The zero-order chi connectivity index (χ0) is 18.4. The molecule has 1 aliphatic heterocycles. The zero-order valence-corrected chi connectivity index (χ0v) is 14.6. The number of nitrogens with zero attached hydrogens (tertiary/aromatic N) is 3. The summed E-state index contributed by atoms with van der Waals surface area (Å²) in [6.07, 6.45) is 1.44. The van der Waals surface area contributed by atoms with Gasteiger partial charge in [0.1, 0.15) is 11.6 Å². The number of para-hydroxylation sites is 1. The molecule has 0 bridgehead atoms. The lowest BCUT2D eigenvalue weighted by molar-refractivity contribution is -0.118. The van der Waals surface area contributed by atoms with E-state index in [-0.39, 0.29) is 39.5 Å². The third kappa shape index (κ3) is 2.43. The van der Waals surface area contributed by atoms with E-state index >= 15 is 0 Å². The van der Waals surface area contributed by atoms with Crippen LogP contribution in [0, 0.1) is 5.92 Å². The second-order valence-electron chi connectivity index (χ2n) is 6.10. The monoisotopic (exact) mass is 373 g/mol. The van der Waals surface area contributed by atoms with E-state index in [1.807, 2.05) is 0 Å². The first kappa shape index (κ1) is 16.5. The smallest absolute Gasteiger partial charge is 0.296 e. The molecule has 1 aliphatic carbocycles. The number of ketones is 1. The largest absolute Gasteiger partial charge is 0.504 e. The minimum atomic E-state index is -0.987. The number of Topliss-reactive ketones (excluding diaryl/α,β-unsaturated/α-hetero) is 1. The number of phenols is 1. The highest BCUT2D eigenvalue weighted by atomic mass is 32.1. The summed E-state index contributed by atoms with van der Waals surface area (Å²) in [4.78, 5) is 26.7. The first-order chi connectivity index (χ1) is 12.5. The second kappa shape index (κ2) is 6.10. The fraction of sp³-hybridized carbons (Fsp3) is 0.294. The van der Waals surface area contributed by atoms with Crippen molar-refractivity contribution in [2.45, 2.75) is 18.9 Å². The minimum Gasteiger partial charge on any atom is -0.504 e. The number of amides is 1. The number of aromatic nitrogens is 2. The summed E-state index contributed by atoms with van der Waals surface area (Å²) in [5.74, 6) is -1.82. The van der Waals surface area contributed by atoms with Crippen LogP contribution in [0.15, 0.2) is 35.0 Å². The van der Waals surface area contributed by atoms with Crippen molar-refractivity contribution in [3.8, 4) is 11.5 Å². The molecule has 2 aromatic rings. The standard InChI is InChI=1S/C17H15N3O5S/c1-25-10-4-2-3-9(14(10)22)12-11(13(21)8-5-6-8)15(23)16(24)20(12)17-19-18-7-26-17/h2-4,7-8,12,22-23H,5-6H2,1H3. The van der Waals surface area contributed by atoms with Crippen LogP contribution in [-0.2, 0) is 9.59 Å². The maximum Gasteiger partial charge on any atom is 0.296 e. The van der Waals surface area contributed by atoms with E-state index in [1.165, 1.54) is 17.5 Å². The Bertz CT molecular complexity index is 920. The molecule has 0 saturated heterocycles. The molecule has 2 N–H and O–H groups in total. The van der Waals surface area contributed by atoms with Gasteiger partial charge in [0.15, 0.2) is 23.0 Å². The van der Waals surface area contributed by atoms with Crippen molar-refractivity contribution in [2.24, 2.45) is 5.92 Å². The molecule has 1 fully saturated rings. The summed E-state index contributed by atoms with van der Waals surface area (Å²) in [5.41, 5.74) is 1.71. The molecule has 2 heterocycles. The fourth-order valence-corrected chi connectivity index (χ4v) is 3.70. The van der Waals surface area contributed by atoms with Crippen LogP contribution in [0.3, 0.4) is 0 Å². The molecule has 134 valence electrons. The Labute approximate surface area is 152 Å². The lowest BCUT2D eigenvalue weighted by atomic mass is 9.93. The first-order valence-corrected chi connectivity index (χ1v) is 8.85. The van der Waals surface area contributed by atoms with Crippen molar-refractivity contribution in [3.63, 3.8) is 0 Å². The maximum absolute atomic E-state index is 12.8. The average molecular weight is 373 g/mol. The van der Waals surface area contributed by atoms with Crippen LogP contribution >= 0.6 is 11.3 Å². The van der Waals surface area contributed by atoms with E-state index in [4.69, 9.17) is 4.74 Å². The topological polar surface area (TPSA) is 113 Å². The number of aliphatic hydroxyl groups excluding tert-OH is 1. The van der Waals surface area contributed by atoms with Crippen molar-refractivity contribution in [1.82, 2.24) is 10.2 Å². The molecule has 1 atom stereocenters. The number of aliphatic hydroxyl groups is 1. The molecule has 26 heavy (non-hydrogen) atoms. The van der Waals surface area contributed by atoms with Crippen LogP contribution in [0.25, 0.3) is 0 Å². The number of aromatic hydroxyl groups is 1. The Morgan fingerprint density at radius 2 is 2.12 bits per heavy atom. The van der Waals surface area contributed by atoms with E-state index in [2.05, 4.69) is 10.2 Å². The summed E-state index contributed by atoms with van der Waals surface area (Å²) in [5, 5.41) is 28.9. The lowest BCUT2D eigenvalue weighted by Crippen LogP contribution is -2.31. The molecule has 8 nitrogen and oxygen atoms in total. The highest BCUT2D eigenvalue weighted by Crippen LogP contribution is 2.48. The Morgan fingerprint density at radius 1 is 1.35 bits per heavy atom. The molecule has 1 saturated carbocycles. The number of benzene rings is 1. The molecule has 2 aliphatic rings. The van der Waals surface area contributed by atoms with Gasteiger partial charge in [-0.2, -0.15) is 0 Å². The fourth-order valence-electron chi connectivity index (χ4n) is 3.11. The number of carbonyl (C=O) groups excluding carboxylic acids is 2. The van der Waals surface area contributed by atoms with Crippen molar-refractivity contribution < 1.29 is 24.5 Å². The molecule has 9 heteroatoms. The molecule has 0 spiro atoms. The van der Waals surface area contributed by atoms with Crippen molar-refractivity contribution >= 4 is 28.2 Å². The van der Waals surface area contributed by atoms with Gasteiger partial charge in [-0.05, 0) is 18.9 Å². The Balaban J connectivity index is 1.90. The number of hydrogen-bond donors (Lipinski definition) is 2. The molecule has 0 radical (unpaired) electrons.